The topological polar surface area (TPSA) is 66.9 Å². The lowest BCUT2D eigenvalue weighted by molar-refractivity contribution is 0.0642. The van der Waals surface area contributed by atoms with Gasteiger partial charge in [-0.1, -0.05) is 30.4 Å². The van der Waals surface area contributed by atoms with Crippen LogP contribution in [0.15, 0.2) is 54.6 Å². The molecule has 3 rings (SSSR count). The van der Waals surface area contributed by atoms with Gasteiger partial charge in [-0.3, -0.25) is 19.3 Å². The number of hydrogen-bond donors (Lipinski definition) is 0. The van der Waals surface area contributed by atoms with E-state index in [1.165, 1.54) is 4.90 Å². The van der Waals surface area contributed by atoms with Crippen molar-refractivity contribution in [1.82, 2.24) is 9.80 Å². The fourth-order valence-corrected chi connectivity index (χ4v) is 3.51. The largest absolute Gasteiger partial charge is 0.493 e. The van der Waals surface area contributed by atoms with E-state index in [1.54, 1.807) is 47.4 Å². The number of ether oxygens (including phenoxy) is 1. The van der Waals surface area contributed by atoms with Gasteiger partial charge in [0.15, 0.2) is 0 Å². The average molecular weight is 406 g/mol. The minimum atomic E-state index is -0.324. The van der Waals surface area contributed by atoms with Crippen LogP contribution < -0.4 is 4.74 Å². The third kappa shape index (κ3) is 4.13. The zero-order valence-electron chi connectivity index (χ0n) is 17.6. The standard InChI is InChI=1S/C24H26N2O4/c1-5-25(14-16(3)4)22(27)20-13-17(11-12-21(20)30-6-2)15-26-23(28)18-9-7-8-10-19(18)24(26)29/h7-13H,3,5-6,14-15H2,1-2,4H3. The molecule has 0 fully saturated rings. The third-order valence-corrected chi connectivity index (χ3v) is 4.92. The van der Waals surface area contributed by atoms with Gasteiger partial charge < -0.3 is 9.64 Å². The molecule has 0 N–H and O–H groups in total. The van der Waals surface area contributed by atoms with Gasteiger partial charge in [0.2, 0.25) is 0 Å². The normalized spacial score (nSPS) is 12.7. The quantitative estimate of drug-likeness (QED) is 0.492. The summed E-state index contributed by atoms with van der Waals surface area (Å²) in [5.74, 6) is -0.341. The van der Waals surface area contributed by atoms with Crippen molar-refractivity contribution < 1.29 is 19.1 Å². The number of imide groups is 1. The summed E-state index contributed by atoms with van der Waals surface area (Å²) in [5, 5.41) is 0. The minimum absolute atomic E-state index is 0.0889. The highest BCUT2D eigenvalue weighted by Gasteiger charge is 2.35. The summed E-state index contributed by atoms with van der Waals surface area (Å²) in [6.07, 6.45) is 0. The molecular weight excluding hydrogens is 380 g/mol. The maximum Gasteiger partial charge on any atom is 0.261 e. The van der Waals surface area contributed by atoms with E-state index in [0.29, 0.717) is 47.7 Å². The Morgan fingerprint density at radius 2 is 1.70 bits per heavy atom. The van der Waals surface area contributed by atoms with Crippen LogP contribution in [0.2, 0.25) is 0 Å². The molecule has 1 heterocycles. The summed E-state index contributed by atoms with van der Waals surface area (Å²) in [6.45, 7) is 11.0. The molecule has 156 valence electrons. The monoisotopic (exact) mass is 406 g/mol. The number of carbonyl (C=O) groups is 3. The van der Waals surface area contributed by atoms with Gasteiger partial charge >= 0.3 is 0 Å². The van der Waals surface area contributed by atoms with E-state index < -0.39 is 0 Å². The highest BCUT2D eigenvalue weighted by molar-refractivity contribution is 6.21. The van der Waals surface area contributed by atoms with Crippen LogP contribution in [0.25, 0.3) is 0 Å². The number of hydrogen-bond acceptors (Lipinski definition) is 4. The Labute approximate surface area is 176 Å². The first-order valence-electron chi connectivity index (χ1n) is 10.0. The van der Waals surface area contributed by atoms with Crippen molar-refractivity contribution in [3.05, 3.63) is 76.9 Å². The van der Waals surface area contributed by atoms with Gasteiger partial charge in [-0.25, -0.2) is 0 Å². The molecule has 0 saturated heterocycles. The first-order valence-corrected chi connectivity index (χ1v) is 10.0. The number of rotatable bonds is 8. The number of fused-ring (bicyclic) bond motifs is 1. The molecule has 0 atom stereocenters. The minimum Gasteiger partial charge on any atom is -0.493 e. The number of carbonyl (C=O) groups excluding carboxylic acids is 3. The average Bonchev–Trinajstić information content (AvgIpc) is 2.97. The van der Waals surface area contributed by atoms with Crippen LogP contribution in [0.1, 0.15) is 57.4 Å². The van der Waals surface area contributed by atoms with Crippen LogP contribution in [0.5, 0.6) is 5.75 Å². The highest BCUT2D eigenvalue weighted by Crippen LogP contribution is 2.27. The number of amides is 3. The number of nitrogens with zero attached hydrogens (tertiary/aromatic N) is 2. The maximum atomic E-state index is 13.2. The van der Waals surface area contributed by atoms with E-state index in [4.69, 9.17) is 4.74 Å². The predicted molar refractivity (Wildman–Crippen MR) is 115 cm³/mol. The maximum absolute atomic E-state index is 13.2. The Bertz CT molecular complexity index is 977. The van der Waals surface area contributed by atoms with Gasteiger partial charge in [0.25, 0.3) is 17.7 Å². The zero-order chi connectivity index (χ0) is 21.8. The molecule has 0 aliphatic carbocycles. The highest BCUT2D eigenvalue weighted by atomic mass is 16.5. The molecule has 1 aliphatic rings. The molecule has 0 spiro atoms. The molecule has 0 bridgehead atoms. The van der Waals surface area contributed by atoms with E-state index in [1.807, 2.05) is 20.8 Å². The summed E-state index contributed by atoms with van der Waals surface area (Å²) in [6, 6.07) is 12.0. The molecule has 2 aromatic rings. The van der Waals surface area contributed by atoms with Crippen LogP contribution in [-0.4, -0.2) is 47.2 Å². The second kappa shape index (κ2) is 8.95. The lowest BCUT2D eigenvalue weighted by Gasteiger charge is -2.23. The van der Waals surface area contributed by atoms with Gasteiger partial charge in [0.05, 0.1) is 29.8 Å². The van der Waals surface area contributed by atoms with E-state index in [9.17, 15) is 14.4 Å². The first kappa shape index (κ1) is 21.3. The molecule has 30 heavy (non-hydrogen) atoms. The van der Waals surface area contributed by atoms with Crippen molar-refractivity contribution in [2.24, 2.45) is 0 Å². The molecule has 0 aromatic heterocycles. The summed E-state index contributed by atoms with van der Waals surface area (Å²) in [4.78, 5) is 41.4. The molecule has 6 heteroatoms. The predicted octanol–water partition coefficient (Wildman–Crippen LogP) is 3.92. The summed E-state index contributed by atoms with van der Waals surface area (Å²) >= 11 is 0. The van der Waals surface area contributed by atoms with Gasteiger partial charge in [-0.2, -0.15) is 0 Å². The number of benzene rings is 2. The Hall–Kier alpha value is -3.41. The van der Waals surface area contributed by atoms with E-state index in [0.717, 1.165) is 5.57 Å². The van der Waals surface area contributed by atoms with Crippen LogP contribution in [0, 0.1) is 0 Å². The van der Waals surface area contributed by atoms with Gasteiger partial charge in [-0.05, 0) is 50.6 Å². The van der Waals surface area contributed by atoms with Crippen LogP contribution in [-0.2, 0) is 6.54 Å². The number of likely N-dealkylation sites (N-methyl/N-ethyl adjacent to an activating group) is 1. The fraction of sp³-hybridized carbons (Fsp3) is 0.292. The van der Waals surface area contributed by atoms with E-state index >= 15 is 0 Å². The summed E-state index contributed by atoms with van der Waals surface area (Å²) < 4.78 is 5.66. The van der Waals surface area contributed by atoms with Gasteiger partial charge in [0, 0.05) is 13.1 Å². The van der Waals surface area contributed by atoms with Gasteiger partial charge in [-0.15, -0.1) is 0 Å². The molecule has 0 unspecified atom stereocenters. The second-order valence-electron chi connectivity index (χ2n) is 7.28. The van der Waals surface area contributed by atoms with Crippen molar-refractivity contribution >= 4 is 17.7 Å². The molecular formula is C24H26N2O4. The lowest BCUT2D eigenvalue weighted by atomic mass is 10.1. The molecule has 3 amide bonds. The van der Waals surface area contributed by atoms with Crippen molar-refractivity contribution in [3.8, 4) is 5.75 Å². The molecule has 6 nitrogen and oxygen atoms in total. The van der Waals surface area contributed by atoms with Crippen LogP contribution >= 0.6 is 0 Å². The smallest absolute Gasteiger partial charge is 0.261 e. The summed E-state index contributed by atoms with van der Waals surface area (Å²) in [7, 11) is 0. The van der Waals surface area contributed by atoms with Crippen LogP contribution in [0.3, 0.4) is 0 Å². The lowest BCUT2D eigenvalue weighted by Crippen LogP contribution is -2.33. The molecule has 1 aliphatic heterocycles. The molecule has 2 aromatic carbocycles. The third-order valence-electron chi connectivity index (χ3n) is 4.92. The second-order valence-corrected chi connectivity index (χ2v) is 7.28. The van der Waals surface area contributed by atoms with Crippen molar-refractivity contribution in [1.29, 1.82) is 0 Å². The summed E-state index contributed by atoms with van der Waals surface area (Å²) in [5.41, 5.74) is 2.79. The van der Waals surface area contributed by atoms with Crippen molar-refractivity contribution in [2.45, 2.75) is 27.3 Å². The Morgan fingerprint density at radius 3 is 2.23 bits per heavy atom. The van der Waals surface area contributed by atoms with Gasteiger partial charge in [0.1, 0.15) is 5.75 Å². The van der Waals surface area contributed by atoms with Crippen molar-refractivity contribution in [2.75, 3.05) is 19.7 Å². The molecule has 0 saturated carbocycles. The Kier molecular flexibility index (Phi) is 6.35. The van der Waals surface area contributed by atoms with Crippen molar-refractivity contribution in [3.63, 3.8) is 0 Å². The van der Waals surface area contributed by atoms with E-state index in [-0.39, 0.29) is 24.3 Å². The Morgan fingerprint density at radius 1 is 1.07 bits per heavy atom. The van der Waals surface area contributed by atoms with Crippen LogP contribution in [0.4, 0.5) is 0 Å². The fourth-order valence-electron chi connectivity index (χ4n) is 3.51. The Balaban J connectivity index is 1.91. The zero-order valence-corrected chi connectivity index (χ0v) is 17.6. The SMILES string of the molecule is C=C(C)CN(CC)C(=O)c1cc(CN2C(=O)c3ccccc3C2=O)ccc1OCC. The first-order chi connectivity index (χ1) is 14.4. The van der Waals surface area contributed by atoms with E-state index in [2.05, 4.69) is 6.58 Å². The molecule has 0 radical (unpaired) electrons.